The highest BCUT2D eigenvalue weighted by Crippen LogP contribution is 2.33. The summed E-state index contributed by atoms with van der Waals surface area (Å²) in [5.74, 6) is 0.786. The van der Waals surface area contributed by atoms with E-state index in [4.69, 9.17) is 15.4 Å². The van der Waals surface area contributed by atoms with Gasteiger partial charge in [-0.2, -0.15) is 0 Å². The van der Waals surface area contributed by atoms with Crippen LogP contribution < -0.4 is 10.4 Å². The van der Waals surface area contributed by atoms with E-state index in [9.17, 15) is 13.2 Å². The van der Waals surface area contributed by atoms with Gasteiger partial charge in [0.05, 0.1) is 17.1 Å². The van der Waals surface area contributed by atoms with Gasteiger partial charge >= 0.3 is 5.69 Å². The van der Waals surface area contributed by atoms with E-state index in [1.165, 1.54) is 22.9 Å². The van der Waals surface area contributed by atoms with Gasteiger partial charge in [-0.25, -0.2) is 22.6 Å². The molecule has 0 saturated carbocycles. The molecule has 4 rings (SSSR count). The van der Waals surface area contributed by atoms with Crippen molar-refractivity contribution in [1.29, 1.82) is 0 Å². The first kappa shape index (κ1) is 21.3. The number of hydrogen-bond donors (Lipinski definition) is 1. The summed E-state index contributed by atoms with van der Waals surface area (Å²) in [5, 5.41) is 7.90. The molecule has 0 aliphatic heterocycles. The van der Waals surface area contributed by atoms with Crippen molar-refractivity contribution in [3.05, 3.63) is 35.0 Å². The molecule has 3 heterocycles. The monoisotopic (exact) mass is 464 g/mol. The number of unbranched alkanes of at least 4 members (excludes halogenated alkanes) is 1. The molecule has 0 bridgehead atoms. The zero-order valence-electron chi connectivity index (χ0n) is 17.0. The minimum atomic E-state index is -3.96. The van der Waals surface area contributed by atoms with Crippen molar-refractivity contribution in [2.24, 2.45) is 0 Å². The Kier molecular flexibility index (Phi) is 5.71. The highest BCUT2D eigenvalue weighted by atomic mass is 35.7. The van der Waals surface area contributed by atoms with Gasteiger partial charge in [0.15, 0.2) is 11.3 Å². The summed E-state index contributed by atoms with van der Waals surface area (Å²) in [5.41, 5.74) is 1.39. The number of aromatic nitrogens is 6. The summed E-state index contributed by atoms with van der Waals surface area (Å²) >= 11 is 0. The molecule has 12 heteroatoms. The summed E-state index contributed by atoms with van der Waals surface area (Å²) in [6.45, 7) is 4.91. The molecule has 0 amide bonds. The SMILES string of the molecule is CCCCn1c(=O)n2cnnc2c2[nH]c(-c3cc(S(=O)(=O)Cl)ccc3OCCC)nc21. The largest absolute Gasteiger partial charge is 0.493 e. The average Bonchev–Trinajstić information content (AvgIpc) is 3.39. The summed E-state index contributed by atoms with van der Waals surface area (Å²) < 4.78 is 32.5. The van der Waals surface area contributed by atoms with Gasteiger partial charge in [-0.15, -0.1) is 10.2 Å². The molecule has 0 aliphatic carbocycles. The lowest BCUT2D eigenvalue weighted by Gasteiger charge is -2.10. The predicted octanol–water partition coefficient (Wildman–Crippen LogP) is 2.95. The molecule has 0 fully saturated rings. The fourth-order valence-corrected chi connectivity index (χ4v) is 4.09. The van der Waals surface area contributed by atoms with Gasteiger partial charge in [0, 0.05) is 17.2 Å². The standard InChI is InChI=1S/C19H21ClN6O4S/c1-3-5-8-25-17-15(18-24-21-11-26(18)19(25)27)22-16(23-17)13-10-12(31(20,28)29)6-7-14(13)30-9-4-2/h6-7,10-11H,3-5,8-9H2,1-2H3,(H,22,23). The maximum absolute atomic E-state index is 12.9. The number of aromatic amines is 1. The number of hydrogen-bond acceptors (Lipinski definition) is 7. The summed E-state index contributed by atoms with van der Waals surface area (Å²) in [6, 6.07) is 4.33. The normalized spacial score (nSPS) is 12.1. The van der Waals surface area contributed by atoms with Gasteiger partial charge in [0.25, 0.3) is 9.05 Å². The molecule has 0 atom stereocenters. The Morgan fingerprint density at radius 3 is 2.71 bits per heavy atom. The van der Waals surface area contributed by atoms with Crippen LogP contribution in [0.25, 0.3) is 28.2 Å². The predicted molar refractivity (Wildman–Crippen MR) is 116 cm³/mol. The fraction of sp³-hybridized carbons (Fsp3) is 0.368. The van der Waals surface area contributed by atoms with E-state index in [2.05, 4.69) is 20.2 Å². The minimum absolute atomic E-state index is 0.0792. The Balaban J connectivity index is 1.99. The zero-order valence-corrected chi connectivity index (χ0v) is 18.6. The number of nitrogens with zero attached hydrogens (tertiary/aromatic N) is 5. The molecule has 4 aromatic rings. The van der Waals surface area contributed by atoms with Crippen molar-refractivity contribution in [3.8, 4) is 17.1 Å². The smallest absolute Gasteiger partial charge is 0.336 e. The van der Waals surface area contributed by atoms with Gasteiger partial charge in [-0.05, 0) is 31.0 Å². The molecule has 3 aromatic heterocycles. The first-order valence-electron chi connectivity index (χ1n) is 9.89. The molecule has 0 saturated heterocycles. The van der Waals surface area contributed by atoms with Crippen molar-refractivity contribution >= 4 is 36.5 Å². The molecule has 10 nitrogen and oxygen atoms in total. The van der Waals surface area contributed by atoms with Crippen LogP contribution in [0.2, 0.25) is 0 Å². The van der Waals surface area contributed by atoms with Crippen molar-refractivity contribution in [2.75, 3.05) is 6.61 Å². The molecular formula is C19H21ClN6O4S. The maximum Gasteiger partial charge on any atom is 0.336 e. The van der Waals surface area contributed by atoms with Crippen LogP contribution in [0, 0.1) is 0 Å². The van der Waals surface area contributed by atoms with E-state index < -0.39 is 9.05 Å². The molecule has 0 radical (unpaired) electrons. The minimum Gasteiger partial charge on any atom is -0.493 e. The zero-order chi connectivity index (χ0) is 22.2. The van der Waals surface area contributed by atoms with Crippen molar-refractivity contribution < 1.29 is 13.2 Å². The Bertz CT molecular complexity index is 1420. The number of aryl methyl sites for hydroxylation is 1. The van der Waals surface area contributed by atoms with E-state index in [0.717, 1.165) is 19.3 Å². The Hall–Kier alpha value is -2.92. The van der Waals surface area contributed by atoms with Gasteiger partial charge in [0.2, 0.25) is 0 Å². The average molecular weight is 465 g/mol. The second-order valence-electron chi connectivity index (χ2n) is 7.04. The number of fused-ring (bicyclic) bond motifs is 3. The second kappa shape index (κ2) is 8.31. The summed E-state index contributed by atoms with van der Waals surface area (Å²) in [6.07, 6.45) is 3.81. The number of halogens is 1. The van der Waals surface area contributed by atoms with Crippen molar-refractivity contribution in [3.63, 3.8) is 0 Å². The summed E-state index contributed by atoms with van der Waals surface area (Å²) in [7, 11) is 1.59. The first-order chi connectivity index (χ1) is 14.8. The van der Waals surface area contributed by atoms with E-state index >= 15 is 0 Å². The van der Waals surface area contributed by atoms with E-state index in [1.807, 2.05) is 13.8 Å². The van der Waals surface area contributed by atoms with E-state index in [-0.39, 0.29) is 10.6 Å². The summed E-state index contributed by atoms with van der Waals surface area (Å²) in [4.78, 5) is 20.6. The van der Waals surface area contributed by atoms with Crippen LogP contribution in [0.4, 0.5) is 0 Å². The van der Waals surface area contributed by atoms with Gasteiger partial charge < -0.3 is 9.72 Å². The third-order valence-electron chi connectivity index (χ3n) is 4.83. The van der Waals surface area contributed by atoms with E-state index in [0.29, 0.717) is 47.1 Å². The molecule has 31 heavy (non-hydrogen) atoms. The molecule has 1 aromatic carbocycles. The van der Waals surface area contributed by atoms with Crippen LogP contribution in [-0.2, 0) is 15.6 Å². The molecule has 164 valence electrons. The maximum atomic E-state index is 12.9. The number of ether oxygens (including phenoxy) is 1. The Morgan fingerprint density at radius 2 is 2.00 bits per heavy atom. The number of nitrogens with one attached hydrogen (secondary N) is 1. The van der Waals surface area contributed by atoms with Crippen LogP contribution in [0.5, 0.6) is 5.75 Å². The van der Waals surface area contributed by atoms with Crippen molar-refractivity contribution in [1.82, 2.24) is 29.1 Å². The lowest BCUT2D eigenvalue weighted by molar-refractivity contribution is 0.318. The first-order valence-corrected chi connectivity index (χ1v) is 12.2. The van der Waals surface area contributed by atoms with Gasteiger partial charge in [-0.1, -0.05) is 20.3 Å². The van der Waals surface area contributed by atoms with Crippen LogP contribution in [0.1, 0.15) is 33.1 Å². The fourth-order valence-electron chi connectivity index (χ4n) is 3.31. The Labute approximate surface area is 182 Å². The van der Waals surface area contributed by atoms with Gasteiger partial charge in [-0.3, -0.25) is 4.57 Å². The molecular weight excluding hydrogens is 444 g/mol. The molecule has 0 spiro atoms. The van der Waals surface area contributed by atoms with Gasteiger partial charge in [0.1, 0.15) is 23.4 Å². The highest BCUT2D eigenvalue weighted by Gasteiger charge is 2.21. The number of H-pyrrole nitrogens is 1. The van der Waals surface area contributed by atoms with Crippen molar-refractivity contribution in [2.45, 2.75) is 44.6 Å². The third kappa shape index (κ3) is 3.90. The molecule has 0 unspecified atom stereocenters. The Morgan fingerprint density at radius 1 is 1.19 bits per heavy atom. The van der Waals surface area contributed by atoms with Crippen LogP contribution >= 0.6 is 10.7 Å². The second-order valence-corrected chi connectivity index (χ2v) is 9.61. The number of imidazole rings is 1. The number of rotatable bonds is 8. The van der Waals surface area contributed by atoms with Crippen LogP contribution in [-0.4, -0.2) is 44.2 Å². The number of benzene rings is 1. The lowest BCUT2D eigenvalue weighted by Crippen LogP contribution is -2.27. The van der Waals surface area contributed by atoms with E-state index in [1.54, 1.807) is 10.6 Å². The topological polar surface area (TPSA) is 124 Å². The van der Waals surface area contributed by atoms with Crippen LogP contribution in [0.15, 0.2) is 34.2 Å². The third-order valence-corrected chi connectivity index (χ3v) is 6.18. The quantitative estimate of drug-likeness (QED) is 0.397. The molecule has 1 N–H and O–H groups in total. The lowest BCUT2D eigenvalue weighted by atomic mass is 10.2. The van der Waals surface area contributed by atoms with Crippen LogP contribution in [0.3, 0.4) is 0 Å². The molecule has 0 aliphatic rings. The highest BCUT2D eigenvalue weighted by molar-refractivity contribution is 8.13.